The third-order valence-corrected chi connectivity index (χ3v) is 6.63. The van der Waals surface area contributed by atoms with Gasteiger partial charge >= 0.3 is 0 Å². The van der Waals surface area contributed by atoms with Crippen molar-refractivity contribution in [3.8, 4) is 5.69 Å². The Kier molecular flexibility index (Phi) is 6.09. The summed E-state index contributed by atoms with van der Waals surface area (Å²) >= 11 is 0. The molecule has 5 rings (SSSR count). The summed E-state index contributed by atoms with van der Waals surface area (Å²) in [6.45, 7) is 7.72. The molecule has 0 spiro atoms. The number of benzene rings is 1. The van der Waals surface area contributed by atoms with E-state index in [1.54, 1.807) is 22.9 Å². The van der Waals surface area contributed by atoms with Crippen molar-refractivity contribution in [1.29, 1.82) is 0 Å². The van der Waals surface area contributed by atoms with Crippen LogP contribution in [0.25, 0.3) is 5.69 Å². The first kappa shape index (κ1) is 21.6. The summed E-state index contributed by atoms with van der Waals surface area (Å²) in [6, 6.07) is 10.6. The molecule has 8 heteroatoms. The van der Waals surface area contributed by atoms with E-state index >= 15 is 0 Å². The number of carbonyl (C=O) groups is 1. The van der Waals surface area contributed by atoms with Gasteiger partial charge in [0.25, 0.3) is 5.91 Å². The molecular formula is C25H29FN6O. The number of para-hydroxylation sites is 1. The molecule has 1 fully saturated rings. The molecule has 1 saturated heterocycles. The van der Waals surface area contributed by atoms with Gasteiger partial charge in [0.15, 0.2) is 5.69 Å². The highest BCUT2D eigenvalue weighted by Crippen LogP contribution is 2.28. The highest BCUT2D eigenvalue weighted by Gasteiger charge is 2.27. The highest BCUT2D eigenvalue weighted by molar-refractivity contribution is 5.94. The van der Waals surface area contributed by atoms with Crippen LogP contribution in [-0.2, 0) is 19.4 Å². The fourth-order valence-electron chi connectivity index (χ4n) is 4.71. The van der Waals surface area contributed by atoms with Crippen molar-refractivity contribution in [3.05, 3.63) is 70.9 Å². The second-order valence-electron chi connectivity index (χ2n) is 8.62. The number of carbonyl (C=O) groups excluding carboxylic acids is 1. The Hall–Kier alpha value is -3.26. The van der Waals surface area contributed by atoms with Crippen LogP contribution in [0.3, 0.4) is 0 Å². The molecule has 1 aliphatic carbocycles. The van der Waals surface area contributed by atoms with E-state index in [1.807, 2.05) is 18.3 Å². The van der Waals surface area contributed by atoms with Gasteiger partial charge in [-0.15, -0.1) is 0 Å². The minimum Gasteiger partial charge on any atom is -0.354 e. The molecule has 1 aromatic carbocycles. The minimum atomic E-state index is -0.344. The lowest BCUT2D eigenvalue weighted by Crippen LogP contribution is -2.46. The summed E-state index contributed by atoms with van der Waals surface area (Å²) in [7, 11) is 0. The van der Waals surface area contributed by atoms with Crippen molar-refractivity contribution in [1.82, 2.24) is 25.0 Å². The molecular weight excluding hydrogens is 419 g/mol. The lowest BCUT2D eigenvalue weighted by molar-refractivity contribution is 0.0944. The largest absolute Gasteiger partial charge is 0.354 e. The monoisotopic (exact) mass is 448 g/mol. The third-order valence-electron chi connectivity index (χ3n) is 6.63. The second kappa shape index (κ2) is 9.31. The summed E-state index contributed by atoms with van der Waals surface area (Å²) < 4.78 is 16.0. The maximum Gasteiger partial charge on any atom is 0.272 e. The van der Waals surface area contributed by atoms with E-state index in [1.165, 1.54) is 6.07 Å². The average Bonchev–Trinajstić information content (AvgIpc) is 3.47. The normalized spacial score (nSPS) is 16.1. The zero-order valence-corrected chi connectivity index (χ0v) is 18.9. The fourth-order valence-corrected chi connectivity index (χ4v) is 4.71. The number of nitrogens with one attached hydrogen (secondary N) is 1. The Morgan fingerprint density at radius 1 is 1.09 bits per heavy atom. The van der Waals surface area contributed by atoms with Gasteiger partial charge < -0.3 is 15.1 Å². The topological polar surface area (TPSA) is 66.3 Å². The quantitative estimate of drug-likeness (QED) is 0.628. The number of hydrogen-bond donors (Lipinski definition) is 1. The number of hydrogen-bond acceptors (Lipinski definition) is 5. The molecule has 33 heavy (non-hydrogen) atoms. The predicted octanol–water partition coefficient (Wildman–Crippen LogP) is 2.97. The van der Waals surface area contributed by atoms with Gasteiger partial charge in [0.2, 0.25) is 0 Å². The molecule has 0 unspecified atom stereocenters. The predicted molar refractivity (Wildman–Crippen MR) is 125 cm³/mol. The van der Waals surface area contributed by atoms with Crippen LogP contribution in [0.2, 0.25) is 0 Å². The van der Waals surface area contributed by atoms with Gasteiger partial charge in [-0.3, -0.25) is 4.79 Å². The first-order valence-corrected chi connectivity index (χ1v) is 11.7. The van der Waals surface area contributed by atoms with E-state index in [4.69, 9.17) is 0 Å². The van der Waals surface area contributed by atoms with E-state index in [2.05, 4.69) is 32.1 Å². The van der Waals surface area contributed by atoms with Gasteiger partial charge in [0, 0.05) is 50.2 Å². The van der Waals surface area contributed by atoms with Gasteiger partial charge in [0.1, 0.15) is 17.3 Å². The van der Waals surface area contributed by atoms with Gasteiger partial charge in [-0.25, -0.2) is 14.1 Å². The zero-order valence-electron chi connectivity index (χ0n) is 18.9. The number of aromatic nitrogens is 3. The summed E-state index contributed by atoms with van der Waals surface area (Å²) in [6.07, 6.45) is 4.35. The van der Waals surface area contributed by atoms with Crippen LogP contribution in [0.15, 0.2) is 42.6 Å². The maximum absolute atomic E-state index is 14.4. The molecule has 2 aromatic heterocycles. The van der Waals surface area contributed by atoms with Gasteiger partial charge in [-0.05, 0) is 49.6 Å². The number of rotatable bonds is 6. The van der Waals surface area contributed by atoms with Crippen LogP contribution < -0.4 is 10.2 Å². The third kappa shape index (κ3) is 4.35. The smallest absolute Gasteiger partial charge is 0.272 e. The Morgan fingerprint density at radius 3 is 2.64 bits per heavy atom. The summed E-state index contributed by atoms with van der Waals surface area (Å²) in [4.78, 5) is 22.3. The van der Waals surface area contributed by atoms with E-state index in [-0.39, 0.29) is 11.7 Å². The summed E-state index contributed by atoms with van der Waals surface area (Å²) in [5.41, 5.74) is 3.57. The van der Waals surface area contributed by atoms with Gasteiger partial charge in [-0.1, -0.05) is 25.1 Å². The van der Waals surface area contributed by atoms with Crippen molar-refractivity contribution in [3.63, 3.8) is 0 Å². The maximum atomic E-state index is 14.4. The number of halogens is 1. The SMILES string of the molecule is CCN1CCN(c2ccc(CNC(=O)c3nn(-c4ccccc4F)c4c3CCC4)cn2)CC1. The molecule has 7 nitrogen and oxygen atoms in total. The van der Waals surface area contributed by atoms with E-state index in [0.717, 1.165) is 74.6 Å². The molecule has 0 radical (unpaired) electrons. The lowest BCUT2D eigenvalue weighted by Gasteiger charge is -2.34. The van der Waals surface area contributed by atoms with E-state index < -0.39 is 0 Å². The zero-order chi connectivity index (χ0) is 22.8. The van der Waals surface area contributed by atoms with Crippen LogP contribution in [0.4, 0.5) is 10.2 Å². The summed E-state index contributed by atoms with van der Waals surface area (Å²) in [5.74, 6) is 0.397. The fraction of sp³-hybridized carbons (Fsp3) is 0.400. The van der Waals surface area contributed by atoms with Crippen molar-refractivity contribution in [2.75, 3.05) is 37.6 Å². The number of likely N-dealkylation sites (N-methyl/N-ethyl adjacent to an activating group) is 1. The molecule has 3 aromatic rings. The summed E-state index contributed by atoms with van der Waals surface area (Å²) in [5, 5.41) is 7.47. The van der Waals surface area contributed by atoms with Crippen LogP contribution >= 0.6 is 0 Å². The van der Waals surface area contributed by atoms with E-state index in [0.29, 0.717) is 17.9 Å². The number of nitrogens with zero attached hydrogens (tertiary/aromatic N) is 5. The Balaban J connectivity index is 1.26. The average molecular weight is 449 g/mol. The Bertz CT molecular complexity index is 1130. The van der Waals surface area contributed by atoms with Crippen LogP contribution in [-0.4, -0.2) is 58.3 Å². The van der Waals surface area contributed by atoms with Crippen LogP contribution in [0.5, 0.6) is 0 Å². The second-order valence-corrected chi connectivity index (χ2v) is 8.62. The molecule has 0 atom stereocenters. The minimum absolute atomic E-state index is 0.233. The van der Waals surface area contributed by atoms with Gasteiger partial charge in [-0.2, -0.15) is 5.10 Å². The van der Waals surface area contributed by atoms with Crippen LogP contribution in [0.1, 0.15) is 40.7 Å². The molecule has 0 saturated carbocycles. The molecule has 1 amide bonds. The lowest BCUT2D eigenvalue weighted by atomic mass is 10.2. The number of fused-ring (bicyclic) bond motifs is 1. The number of anilines is 1. The molecule has 3 heterocycles. The molecule has 0 bridgehead atoms. The number of amides is 1. The standard InChI is InChI=1S/C25H29FN6O/c1-2-30-12-14-31(15-13-30)23-11-10-18(16-27-23)17-28-25(33)24-19-6-5-9-21(19)32(29-24)22-8-4-3-7-20(22)26/h3-4,7-8,10-11,16H,2,5-6,9,12-15,17H2,1H3,(H,28,33). The molecule has 1 aliphatic heterocycles. The Labute approximate surface area is 193 Å². The first-order chi connectivity index (χ1) is 16.1. The van der Waals surface area contributed by atoms with Crippen molar-refractivity contribution in [2.45, 2.75) is 32.7 Å². The van der Waals surface area contributed by atoms with Crippen molar-refractivity contribution in [2.24, 2.45) is 0 Å². The molecule has 2 aliphatic rings. The van der Waals surface area contributed by atoms with E-state index in [9.17, 15) is 9.18 Å². The number of pyridine rings is 1. The molecule has 1 N–H and O–H groups in total. The number of piperazine rings is 1. The highest BCUT2D eigenvalue weighted by atomic mass is 19.1. The van der Waals surface area contributed by atoms with Crippen LogP contribution in [0, 0.1) is 5.82 Å². The Morgan fingerprint density at radius 2 is 1.91 bits per heavy atom. The van der Waals surface area contributed by atoms with Gasteiger partial charge in [0.05, 0.1) is 0 Å². The molecule has 172 valence electrons. The van der Waals surface area contributed by atoms with Crippen molar-refractivity contribution < 1.29 is 9.18 Å². The van der Waals surface area contributed by atoms with Crippen molar-refractivity contribution >= 4 is 11.7 Å². The first-order valence-electron chi connectivity index (χ1n) is 11.7.